The fourth-order valence-electron chi connectivity index (χ4n) is 1.48. The van der Waals surface area contributed by atoms with Crippen molar-refractivity contribution >= 4 is 0 Å². The molecule has 0 radical (unpaired) electrons. The van der Waals surface area contributed by atoms with Gasteiger partial charge in [0, 0.05) is 0 Å². The van der Waals surface area contributed by atoms with Gasteiger partial charge in [-0.2, -0.15) is 0 Å². The summed E-state index contributed by atoms with van der Waals surface area (Å²) in [6.07, 6.45) is 11.3. The second-order valence-corrected chi connectivity index (χ2v) is 4.80. The molecule has 0 nitrogen and oxygen atoms in total. The van der Waals surface area contributed by atoms with Crippen molar-refractivity contribution in [3.05, 3.63) is 37.0 Å². The number of hydrogen-bond acceptors (Lipinski definition) is 0. The lowest BCUT2D eigenvalue weighted by molar-refractivity contribution is 0.501. The minimum Gasteiger partial charge on any atom is -0.0988 e. The molecule has 0 heteroatoms. The molecular formula is C15H26. The van der Waals surface area contributed by atoms with Gasteiger partial charge in [-0.05, 0) is 24.7 Å². The minimum atomic E-state index is 0.696. The van der Waals surface area contributed by atoms with E-state index in [-0.39, 0.29) is 0 Å². The molecule has 0 saturated carbocycles. The Kier molecular flexibility index (Phi) is 8.08. The van der Waals surface area contributed by atoms with E-state index in [9.17, 15) is 0 Å². The predicted octanol–water partition coefficient (Wildman–Crippen LogP) is 5.14. The maximum Gasteiger partial charge on any atom is -0.0103 e. The molecule has 0 rings (SSSR count). The minimum absolute atomic E-state index is 0.696. The van der Waals surface area contributed by atoms with E-state index in [1.165, 1.54) is 19.3 Å². The van der Waals surface area contributed by atoms with Gasteiger partial charge in [0.1, 0.15) is 0 Å². The van der Waals surface area contributed by atoms with Crippen molar-refractivity contribution in [2.75, 3.05) is 0 Å². The summed E-state index contributed by atoms with van der Waals surface area (Å²) >= 11 is 0. The van der Waals surface area contributed by atoms with Crippen molar-refractivity contribution in [1.82, 2.24) is 0 Å². The Hall–Kier alpha value is -0.780. The lowest BCUT2D eigenvalue weighted by Gasteiger charge is -2.07. The summed E-state index contributed by atoms with van der Waals surface area (Å²) in [6.45, 7) is 14.4. The van der Waals surface area contributed by atoms with Gasteiger partial charge in [0.05, 0.1) is 0 Å². The quantitative estimate of drug-likeness (QED) is 0.381. The van der Waals surface area contributed by atoms with Crippen LogP contribution in [-0.2, 0) is 0 Å². The van der Waals surface area contributed by atoms with E-state index in [0.717, 1.165) is 17.9 Å². The third-order valence-corrected chi connectivity index (χ3v) is 2.57. The molecule has 0 saturated heterocycles. The first-order chi connectivity index (χ1) is 7.06. The van der Waals surface area contributed by atoms with Gasteiger partial charge in [-0.1, -0.05) is 70.6 Å². The molecular weight excluding hydrogens is 180 g/mol. The summed E-state index contributed by atoms with van der Waals surface area (Å²) in [6, 6.07) is 0. The van der Waals surface area contributed by atoms with Crippen LogP contribution in [0.3, 0.4) is 0 Å². The van der Waals surface area contributed by atoms with Crippen LogP contribution in [0.2, 0.25) is 0 Å². The Balaban J connectivity index is 3.59. The molecule has 0 aromatic carbocycles. The van der Waals surface area contributed by atoms with Gasteiger partial charge in [0.2, 0.25) is 0 Å². The average Bonchev–Trinajstić information content (AvgIpc) is 2.17. The van der Waals surface area contributed by atoms with Gasteiger partial charge < -0.3 is 0 Å². The van der Waals surface area contributed by atoms with Crippen molar-refractivity contribution in [3.63, 3.8) is 0 Å². The summed E-state index contributed by atoms with van der Waals surface area (Å²) < 4.78 is 0. The monoisotopic (exact) mass is 206 g/mol. The van der Waals surface area contributed by atoms with Gasteiger partial charge >= 0.3 is 0 Å². The summed E-state index contributed by atoms with van der Waals surface area (Å²) in [4.78, 5) is 0. The standard InChI is InChI=1S/C15H26/c1-6-14(4)10-8-12-15(5)11-7-9-13(2)3/h6,8,12-13,15H,1,4,7,9-11H2,2-3,5H3/b12-8+. The van der Waals surface area contributed by atoms with Crippen LogP contribution in [0.25, 0.3) is 0 Å². The largest absolute Gasteiger partial charge is 0.0988 e. The first kappa shape index (κ1) is 14.2. The van der Waals surface area contributed by atoms with E-state index < -0.39 is 0 Å². The SMILES string of the molecule is C=CC(=C)C/C=C/C(C)CCCC(C)C. The topological polar surface area (TPSA) is 0 Å². The second-order valence-electron chi connectivity index (χ2n) is 4.80. The highest BCUT2D eigenvalue weighted by Crippen LogP contribution is 2.14. The number of allylic oxidation sites excluding steroid dienone is 4. The van der Waals surface area contributed by atoms with Crippen LogP contribution in [0.1, 0.15) is 46.5 Å². The van der Waals surface area contributed by atoms with Gasteiger partial charge in [0.15, 0.2) is 0 Å². The Bertz CT molecular complexity index is 208. The first-order valence-electron chi connectivity index (χ1n) is 6.03. The average molecular weight is 206 g/mol. The lowest BCUT2D eigenvalue weighted by Crippen LogP contribution is -1.93. The Labute approximate surface area is 95.8 Å². The number of rotatable bonds is 8. The smallest absolute Gasteiger partial charge is 0.0103 e. The highest BCUT2D eigenvalue weighted by molar-refractivity contribution is 5.14. The Morgan fingerprint density at radius 2 is 1.87 bits per heavy atom. The normalized spacial score (nSPS) is 13.3. The molecule has 1 atom stereocenters. The van der Waals surface area contributed by atoms with Crippen molar-refractivity contribution in [3.8, 4) is 0 Å². The van der Waals surface area contributed by atoms with E-state index >= 15 is 0 Å². The van der Waals surface area contributed by atoms with Crippen molar-refractivity contribution in [1.29, 1.82) is 0 Å². The van der Waals surface area contributed by atoms with Crippen LogP contribution in [0.15, 0.2) is 37.0 Å². The molecule has 0 fully saturated rings. The van der Waals surface area contributed by atoms with Crippen molar-refractivity contribution < 1.29 is 0 Å². The highest BCUT2D eigenvalue weighted by atomic mass is 14.0. The molecule has 0 amide bonds. The summed E-state index contributed by atoms with van der Waals surface area (Å²) in [5.41, 5.74) is 1.10. The van der Waals surface area contributed by atoms with Crippen LogP contribution >= 0.6 is 0 Å². The molecule has 0 spiro atoms. The first-order valence-corrected chi connectivity index (χ1v) is 6.03. The van der Waals surface area contributed by atoms with Crippen LogP contribution in [0, 0.1) is 11.8 Å². The molecule has 0 bridgehead atoms. The van der Waals surface area contributed by atoms with Crippen LogP contribution in [0.4, 0.5) is 0 Å². The van der Waals surface area contributed by atoms with Crippen LogP contribution in [0.5, 0.6) is 0 Å². The molecule has 0 aliphatic rings. The van der Waals surface area contributed by atoms with Gasteiger partial charge in [-0.25, -0.2) is 0 Å². The maximum absolute atomic E-state index is 3.89. The molecule has 15 heavy (non-hydrogen) atoms. The molecule has 86 valence electrons. The molecule has 0 N–H and O–H groups in total. The van der Waals surface area contributed by atoms with Gasteiger partial charge in [0.25, 0.3) is 0 Å². The Morgan fingerprint density at radius 1 is 1.20 bits per heavy atom. The molecule has 0 aliphatic heterocycles. The zero-order valence-electron chi connectivity index (χ0n) is 10.6. The van der Waals surface area contributed by atoms with Gasteiger partial charge in [-0.3, -0.25) is 0 Å². The fourth-order valence-corrected chi connectivity index (χ4v) is 1.48. The molecule has 1 unspecified atom stereocenters. The summed E-state index contributed by atoms with van der Waals surface area (Å²) in [7, 11) is 0. The third-order valence-electron chi connectivity index (χ3n) is 2.57. The predicted molar refractivity (Wildman–Crippen MR) is 70.9 cm³/mol. The van der Waals surface area contributed by atoms with Crippen molar-refractivity contribution in [2.24, 2.45) is 11.8 Å². The maximum atomic E-state index is 3.89. The second kappa shape index (κ2) is 8.52. The summed E-state index contributed by atoms with van der Waals surface area (Å²) in [5, 5.41) is 0. The molecule has 0 heterocycles. The van der Waals surface area contributed by atoms with Crippen LogP contribution < -0.4 is 0 Å². The molecule has 0 aromatic rings. The lowest BCUT2D eigenvalue weighted by atomic mass is 9.99. The van der Waals surface area contributed by atoms with Gasteiger partial charge in [-0.15, -0.1) is 0 Å². The van der Waals surface area contributed by atoms with E-state index in [1.54, 1.807) is 0 Å². The number of hydrogen-bond donors (Lipinski definition) is 0. The van der Waals surface area contributed by atoms with E-state index in [1.807, 2.05) is 6.08 Å². The van der Waals surface area contributed by atoms with E-state index in [4.69, 9.17) is 0 Å². The Morgan fingerprint density at radius 3 is 2.40 bits per heavy atom. The molecule has 0 aromatic heterocycles. The van der Waals surface area contributed by atoms with E-state index in [0.29, 0.717) is 5.92 Å². The zero-order chi connectivity index (χ0) is 11.7. The third kappa shape index (κ3) is 9.52. The van der Waals surface area contributed by atoms with E-state index in [2.05, 4.69) is 46.1 Å². The zero-order valence-corrected chi connectivity index (χ0v) is 10.6. The van der Waals surface area contributed by atoms with Crippen LogP contribution in [-0.4, -0.2) is 0 Å². The fraction of sp³-hybridized carbons (Fsp3) is 0.600. The summed E-state index contributed by atoms with van der Waals surface area (Å²) in [5.74, 6) is 1.53. The molecule has 0 aliphatic carbocycles. The highest BCUT2D eigenvalue weighted by Gasteiger charge is 1.98. The van der Waals surface area contributed by atoms with Crippen molar-refractivity contribution in [2.45, 2.75) is 46.5 Å².